The average Bonchev–Trinajstić information content (AvgIpc) is 2.87. The fraction of sp³-hybridized carbons (Fsp3) is 0.355. The van der Waals surface area contributed by atoms with Crippen molar-refractivity contribution < 1.29 is 23.5 Å². The summed E-state index contributed by atoms with van der Waals surface area (Å²) in [6, 6.07) is 9.99. The highest BCUT2D eigenvalue weighted by Gasteiger charge is 2.20. The summed E-state index contributed by atoms with van der Waals surface area (Å²) in [4.78, 5) is 26.3. The van der Waals surface area contributed by atoms with Crippen molar-refractivity contribution in [2.45, 2.75) is 34.1 Å². The van der Waals surface area contributed by atoms with Gasteiger partial charge in [-0.05, 0) is 59.5 Å². The molecule has 2 amide bonds. The predicted molar refractivity (Wildman–Crippen MR) is 156 cm³/mol. The van der Waals surface area contributed by atoms with E-state index >= 15 is 4.39 Å². The Kier molecular flexibility index (Phi) is 11.5. The third kappa shape index (κ3) is 9.72. The Labute approximate surface area is 230 Å². The van der Waals surface area contributed by atoms with E-state index in [4.69, 9.17) is 9.47 Å². The van der Waals surface area contributed by atoms with Gasteiger partial charge in [-0.15, -0.1) is 0 Å². The summed E-state index contributed by atoms with van der Waals surface area (Å²) in [6.07, 6.45) is 2.95. The highest BCUT2D eigenvalue weighted by molar-refractivity contribution is 6.03. The standard InChI is InChI=1S/C31H40FN3O4/c1-9-21(3)25-17-24(39-16-15-38-8)18-26(32)30(25)27(10-2)33-22-11-13-23(14-12-22)34-28(36)19-29(37)35(7)20-31(4,5)6/h9-14,17-18,33H,1-2,15-16,19-20H2,3-8H3,(H,34,36)/b25-21-,30-27-. The third-order valence-electron chi connectivity index (χ3n) is 5.72. The van der Waals surface area contributed by atoms with Crippen LogP contribution in [0.15, 0.2) is 61.7 Å². The van der Waals surface area contributed by atoms with Gasteiger partial charge in [-0.1, -0.05) is 40.0 Å². The molecule has 8 heteroatoms. The van der Waals surface area contributed by atoms with E-state index in [-0.39, 0.29) is 17.7 Å². The van der Waals surface area contributed by atoms with Crippen LogP contribution in [0.2, 0.25) is 0 Å². The van der Waals surface area contributed by atoms with Gasteiger partial charge in [0.1, 0.15) is 24.6 Å². The van der Waals surface area contributed by atoms with Gasteiger partial charge in [0.15, 0.2) is 0 Å². The second-order valence-electron chi connectivity index (χ2n) is 10.4. The van der Waals surface area contributed by atoms with Crippen LogP contribution in [0.4, 0.5) is 15.8 Å². The second-order valence-corrected chi connectivity index (χ2v) is 10.4. The summed E-state index contributed by atoms with van der Waals surface area (Å²) in [7, 11) is 3.26. The molecule has 2 aromatic rings. The molecule has 39 heavy (non-hydrogen) atoms. The van der Waals surface area contributed by atoms with Crippen molar-refractivity contribution in [2.75, 3.05) is 44.5 Å². The van der Waals surface area contributed by atoms with Crippen molar-refractivity contribution in [3.05, 3.63) is 78.0 Å². The van der Waals surface area contributed by atoms with Gasteiger partial charge in [-0.3, -0.25) is 9.59 Å². The summed E-state index contributed by atoms with van der Waals surface area (Å²) >= 11 is 0. The van der Waals surface area contributed by atoms with Gasteiger partial charge in [-0.2, -0.15) is 0 Å². The van der Waals surface area contributed by atoms with Crippen molar-refractivity contribution in [3.63, 3.8) is 0 Å². The first-order valence-electron chi connectivity index (χ1n) is 12.7. The number of allylic oxidation sites excluding steroid dienone is 1. The number of halogens is 1. The number of anilines is 2. The van der Waals surface area contributed by atoms with Gasteiger partial charge in [0.2, 0.25) is 11.8 Å². The summed E-state index contributed by atoms with van der Waals surface area (Å²) in [5, 5.41) is 6.90. The number of carbonyl (C=O) groups is 2. The van der Waals surface area contributed by atoms with Gasteiger partial charge >= 0.3 is 0 Å². The smallest absolute Gasteiger partial charge is 0.233 e. The van der Waals surface area contributed by atoms with E-state index in [0.29, 0.717) is 53.0 Å². The van der Waals surface area contributed by atoms with Crippen LogP contribution in [-0.2, 0) is 14.3 Å². The lowest BCUT2D eigenvalue weighted by Crippen LogP contribution is -2.36. The first kappa shape index (κ1) is 31.3. The molecule has 2 N–H and O–H groups in total. The van der Waals surface area contributed by atoms with E-state index in [9.17, 15) is 9.59 Å². The van der Waals surface area contributed by atoms with Crippen LogP contribution in [0.5, 0.6) is 5.75 Å². The van der Waals surface area contributed by atoms with Gasteiger partial charge in [0, 0.05) is 49.1 Å². The molecule has 0 atom stereocenters. The van der Waals surface area contributed by atoms with Crippen LogP contribution < -0.4 is 25.8 Å². The van der Waals surface area contributed by atoms with E-state index in [2.05, 4.69) is 23.8 Å². The summed E-state index contributed by atoms with van der Waals surface area (Å²) in [5.74, 6) is -0.732. The number of methoxy groups -OCH3 is 1. The molecular formula is C31H40FN3O4. The van der Waals surface area contributed by atoms with Gasteiger partial charge < -0.3 is 25.0 Å². The number of nitrogens with zero attached hydrogens (tertiary/aromatic N) is 1. The molecule has 2 aromatic carbocycles. The van der Waals surface area contributed by atoms with Crippen molar-refractivity contribution in [1.29, 1.82) is 0 Å². The molecule has 0 aliphatic heterocycles. The van der Waals surface area contributed by atoms with Crippen LogP contribution in [0, 0.1) is 11.2 Å². The molecule has 0 saturated carbocycles. The number of amides is 2. The number of hydrogen-bond acceptors (Lipinski definition) is 5. The topological polar surface area (TPSA) is 79.9 Å². The number of benzene rings is 2. The third-order valence-corrected chi connectivity index (χ3v) is 5.72. The molecule has 0 aliphatic carbocycles. The zero-order valence-electron chi connectivity index (χ0n) is 23.8. The maximum atomic E-state index is 15.4. The van der Waals surface area contributed by atoms with Gasteiger partial charge in [0.05, 0.1) is 6.61 Å². The van der Waals surface area contributed by atoms with Crippen molar-refractivity contribution >= 4 is 34.5 Å². The minimum Gasteiger partial charge on any atom is -0.491 e. The van der Waals surface area contributed by atoms with E-state index < -0.39 is 11.7 Å². The van der Waals surface area contributed by atoms with Crippen LogP contribution in [-0.4, -0.2) is 50.6 Å². The maximum Gasteiger partial charge on any atom is 0.233 e. The number of nitrogens with one attached hydrogen (secondary N) is 2. The zero-order valence-corrected chi connectivity index (χ0v) is 23.8. The second kappa shape index (κ2) is 14.3. The largest absolute Gasteiger partial charge is 0.491 e. The van der Waals surface area contributed by atoms with E-state index in [0.717, 1.165) is 5.57 Å². The van der Waals surface area contributed by atoms with Crippen molar-refractivity contribution in [3.8, 4) is 5.75 Å². The summed E-state index contributed by atoms with van der Waals surface area (Å²) < 4.78 is 26.0. The number of carbonyl (C=O) groups excluding carboxylic acids is 2. The van der Waals surface area contributed by atoms with E-state index in [1.165, 1.54) is 6.07 Å². The quantitative estimate of drug-likeness (QED) is 0.309. The summed E-state index contributed by atoms with van der Waals surface area (Å²) in [5.41, 5.74) is 2.36. The molecular weight excluding hydrogens is 497 g/mol. The fourth-order valence-corrected chi connectivity index (χ4v) is 3.89. The number of ether oxygens (including phenoxy) is 2. The minimum atomic E-state index is -0.478. The lowest BCUT2D eigenvalue weighted by molar-refractivity contribution is -0.134. The van der Waals surface area contributed by atoms with Crippen LogP contribution in [0.3, 0.4) is 0 Å². The van der Waals surface area contributed by atoms with Crippen LogP contribution in [0.1, 0.15) is 34.1 Å². The Morgan fingerprint density at radius 3 is 2.18 bits per heavy atom. The molecule has 0 bridgehead atoms. The first-order chi connectivity index (χ1) is 18.4. The maximum absolute atomic E-state index is 15.4. The zero-order chi connectivity index (χ0) is 29.2. The molecule has 0 unspecified atom stereocenters. The highest BCUT2D eigenvalue weighted by Crippen LogP contribution is 2.18. The number of rotatable bonds is 12. The van der Waals surface area contributed by atoms with Gasteiger partial charge in [0.25, 0.3) is 0 Å². The fourth-order valence-electron chi connectivity index (χ4n) is 3.89. The summed E-state index contributed by atoms with van der Waals surface area (Å²) in [6.45, 7) is 16.9. The molecule has 0 radical (unpaired) electrons. The predicted octanol–water partition coefficient (Wildman–Crippen LogP) is 4.45. The molecule has 0 spiro atoms. The monoisotopic (exact) mass is 537 g/mol. The Morgan fingerprint density at radius 1 is 1.03 bits per heavy atom. The van der Waals surface area contributed by atoms with Crippen LogP contribution in [0.25, 0.3) is 11.3 Å². The SMILES string of the molecule is C=C/C(C)=c1/cc(OCCOC)cc(F)/c1=C(/C=C)Nc1ccc(NC(=O)CC(=O)N(C)CC(C)(C)C)cc1. The molecule has 0 aromatic heterocycles. The Hall–Kier alpha value is -3.91. The Morgan fingerprint density at radius 2 is 1.64 bits per heavy atom. The lowest BCUT2D eigenvalue weighted by atomic mass is 9.96. The van der Waals surface area contributed by atoms with Crippen molar-refractivity contribution in [1.82, 2.24) is 4.90 Å². The minimum absolute atomic E-state index is 0.0585. The van der Waals surface area contributed by atoms with Gasteiger partial charge in [-0.25, -0.2) is 4.39 Å². The molecule has 7 nitrogen and oxygen atoms in total. The molecule has 210 valence electrons. The Bertz CT molecular complexity index is 1310. The van der Waals surface area contributed by atoms with Crippen LogP contribution >= 0.6 is 0 Å². The molecule has 0 fully saturated rings. The molecule has 0 saturated heterocycles. The van der Waals surface area contributed by atoms with Crippen molar-refractivity contribution in [2.24, 2.45) is 5.41 Å². The number of hydrogen-bond donors (Lipinski definition) is 2. The molecule has 2 rings (SSSR count). The molecule has 0 heterocycles. The Balaban J connectivity index is 2.26. The average molecular weight is 538 g/mol. The molecule has 0 aliphatic rings. The van der Waals surface area contributed by atoms with E-state index in [1.807, 2.05) is 27.7 Å². The highest BCUT2D eigenvalue weighted by atomic mass is 19.1. The van der Waals surface area contributed by atoms with E-state index in [1.54, 1.807) is 61.5 Å². The lowest BCUT2D eigenvalue weighted by Gasteiger charge is -2.26. The normalized spacial score (nSPS) is 12.7. The first-order valence-corrected chi connectivity index (χ1v) is 12.7.